The van der Waals surface area contributed by atoms with E-state index < -0.39 is 41.3 Å². The van der Waals surface area contributed by atoms with Crippen LogP contribution in [0.4, 0.5) is 10.5 Å². The quantitative estimate of drug-likeness (QED) is 0.115. The van der Waals surface area contributed by atoms with Gasteiger partial charge in [-0.2, -0.15) is 0 Å². The van der Waals surface area contributed by atoms with E-state index in [0.717, 1.165) is 5.56 Å². The third-order valence-corrected chi connectivity index (χ3v) is 7.93. The van der Waals surface area contributed by atoms with E-state index in [1.807, 2.05) is 26.1 Å². The SMILES string of the molecule is CNCc1ccc(NC(=O)[C@H](CCCNC(N)=O)NC(=O)[C@@H](NC(=O)CCC(=O)N2CCC(C)(C(=O)OC)CC2)C(C)C)cc1. The monoisotopic (exact) mass is 631 g/mol. The molecule has 1 aromatic carbocycles. The van der Waals surface area contributed by atoms with Gasteiger partial charge in [-0.1, -0.05) is 26.0 Å². The van der Waals surface area contributed by atoms with E-state index in [-0.39, 0.29) is 43.6 Å². The highest BCUT2D eigenvalue weighted by Crippen LogP contribution is 2.32. The van der Waals surface area contributed by atoms with Gasteiger partial charge >= 0.3 is 12.0 Å². The van der Waals surface area contributed by atoms with Gasteiger partial charge in [-0.05, 0) is 63.3 Å². The second-order valence-corrected chi connectivity index (χ2v) is 11.9. The minimum Gasteiger partial charge on any atom is -0.469 e. The molecule has 0 unspecified atom stereocenters. The summed E-state index contributed by atoms with van der Waals surface area (Å²) in [5, 5.41) is 13.8. The zero-order chi connectivity index (χ0) is 33.6. The molecule has 14 heteroatoms. The zero-order valence-electron chi connectivity index (χ0n) is 27.0. The number of ether oxygens (including phenoxy) is 1. The lowest BCUT2D eigenvalue weighted by Gasteiger charge is -2.37. The van der Waals surface area contributed by atoms with Crippen molar-refractivity contribution in [3.63, 3.8) is 0 Å². The number of hydrogen-bond acceptors (Lipinski definition) is 8. The summed E-state index contributed by atoms with van der Waals surface area (Å²) in [5.74, 6) is -2.29. The van der Waals surface area contributed by atoms with Crippen LogP contribution in [-0.2, 0) is 35.3 Å². The topological polar surface area (TPSA) is 201 Å². The number of carbonyl (C=O) groups excluding carboxylic acids is 6. The fourth-order valence-electron chi connectivity index (χ4n) is 5.05. The number of carbonyl (C=O) groups is 6. The lowest BCUT2D eigenvalue weighted by atomic mass is 9.80. The van der Waals surface area contributed by atoms with Gasteiger partial charge in [-0.3, -0.25) is 24.0 Å². The summed E-state index contributed by atoms with van der Waals surface area (Å²) in [6.45, 7) is 7.01. The highest BCUT2D eigenvalue weighted by Gasteiger charge is 2.39. The largest absolute Gasteiger partial charge is 0.469 e. The van der Waals surface area contributed by atoms with E-state index in [1.165, 1.54) is 7.11 Å². The number of amides is 6. The highest BCUT2D eigenvalue weighted by atomic mass is 16.5. The Morgan fingerprint density at radius 1 is 0.978 bits per heavy atom. The molecule has 1 saturated heterocycles. The number of methoxy groups -OCH3 is 1. The van der Waals surface area contributed by atoms with Gasteiger partial charge in [0.05, 0.1) is 12.5 Å². The number of primary amides is 1. The molecule has 0 spiro atoms. The maximum atomic E-state index is 13.4. The van der Waals surface area contributed by atoms with Crippen molar-refractivity contribution in [1.82, 2.24) is 26.2 Å². The number of urea groups is 1. The number of nitrogens with one attached hydrogen (secondary N) is 5. The molecule has 0 aromatic heterocycles. The van der Waals surface area contributed by atoms with E-state index in [0.29, 0.717) is 44.6 Å². The Kier molecular flexibility index (Phi) is 14.7. The molecule has 14 nitrogen and oxygen atoms in total. The Labute approximate surface area is 264 Å². The summed E-state index contributed by atoms with van der Waals surface area (Å²) >= 11 is 0. The smallest absolute Gasteiger partial charge is 0.312 e. The number of benzene rings is 1. The minimum absolute atomic E-state index is 0.0434. The molecule has 0 radical (unpaired) electrons. The molecule has 1 aromatic rings. The van der Waals surface area contributed by atoms with Crippen LogP contribution in [0.2, 0.25) is 0 Å². The zero-order valence-corrected chi connectivity index (χ0v) is 27.0. The van der Waals surface area contributed by atoms with Crippen LogP contribution in [0.5, 0.6) is 0 Å². The van der Waals surface area contributed by atoms with Crippen LogP contribution in [0.25, 0.3) is 0 Å². The number of anilines is 1. The number of esters is 1. The molecule has 1 aliphatic rings. The maximum absolute atomic E-state index is 13.4. The van der Waals surface area contributed by atoms with E-state index >= 15 is 0 Å². The first-order valence-electron chi connectivity index (χ1n) is 15.3. The number of nitrogens with zero attached hydrogens (tertiary/aromatic N) is 1. The molecule has 7 N–H and O–H groups in total. The second-order valence-electron chi connectivity index (χ2n) is 11.9. The summed E-state index contributed by atoms with van der Waals surface area (Å²) in [7, 11) is 3.18. The fraction of sp³-hybridized carbons (Fsp3) is 0.613. The Morgan fingerprint density at radius 2 is 1.62 bits per heavy atom. The first-order valence-corrected chi connectivity index (χ1v) is 15.3. The van der Waals surface area contributed by atoms with Gasteiger partial charge in [0.1, 0.15) is 12.1 Å². The summed E-state index contributed by atoms with van der Waals surface area (Å²) in [6, 6.07) is 4.66. The molecular weight excluding hydrogens is 582 g/mol. The molecule has 1 aliphatic heterocycles. The van der Waals surface area contributed by atoms with Crippen LogP contribution in [0.1, 0.15) is 64.9 Å². The van der Waals surface area contributed by atoms with Crippen molar-refractivity contribution in [2.24, 2.45) is 17.1 Å². The van der Waals surface area contributed by atoms with E-state index in [1.54, 1.807) is 30.9 Å². The van der Waals surface area contributed by atoms with Gasteiger partial charge in [-0.25, -0.2) is 4.79 Å². The molecule has 2 rings (SSSR count). The number of likely N-dealkylation sites (tertiary alicyclic amines) is 1. The van der Waals surface area contributed by atoms with E-state index in [9.17, 15) is 28.8 Å². The molecule has 1 fully saturated rings. The van der Waals surface area contributed by atoms with Crippen molar-refractivity contribution >= 4 is 41.3 Å². The molecule has 0 saturated carbocycles. The maximum Gasteiger partial charge on any atom is 0.312 e. The van der Waals surface area contributed by atoms with Crippen molar-refractivity contribution in [3.05, 3.63) is 29.8 Å². The molecule has 0 bridgehead atoms. The molecule has 45 heavy (non-hydrogen) atoms. The summed E-state index contributed by atoms with van der Waals surface area (Å²) in [6.07, 6.45) is 1.35. The van der Waals surface area contributed by atoms with Crippen LogP contribution < -0.4 is 32.3 Å². The van der Waals surface area contributed by atoms with Crippen LogP contribution in [0.15, 0.2) is 24.3 Å². The van der Waals surface area contributed by atoms with Crippen molar-refractivity contribution in [2.45, 2.75) is 77.9 Å². The molecular formula is C31H49N7O7. The predicted molar refractivity (Wildman–Crippen MR) is 169 cm³/mol. The lowest BCUT2D eigenvalue weighted by Crippen LogP contribution is -2.54. The molecule has 1 heterocycles. The Bertz CT molecular complexity index is 1180. The first kappa shape index (κ1) is 37.0. The van der Waals surface area contributed by atoms with Gasteiger partial charge in [-0.15, -0.1) is 0 Å². The van der Waals surface area contributed by atoms with Gasteiger partial charge in [0.15, 0.2) is 0 Å². The van der Waals surface area contributed by atoms with E-state index in [4.69, 9.17) is 10.5 Å². The first-order chi connectivity index (χ1) is 21.3. The van der Waals surface area contributed by atoms with Gasteiger partial charge in [0.2, 0.25) is 23.6 Å². The van der Waals surface area contributed by atoms with Crippen molar-refractivity contribution in [1.29, 1.82) is 0 Å². The van der Waals surface area contributed by atoms with Crippen LogP contribution in [-0.4, -0.2) is 86.4 Å². The van der Waals surface area contributed by atoms with Crippen molar-refractivity contribution in [3.8, 4) is 0 Å². The van der Waals surface area contributed by atoms with Gasteiger partial charge in [0, 0.05) is 44.7 Å². The van der Waals surface area contributed by atoms with Crippen LogP contribution >= 0.6 is 0 Å². The predicted octanol–water partition coefficient (Wildman–Crippen LogP) is 1.00. The number of rotatable bonds is 16. The van der Waals surface area contributed by atoms with E-state index in [2.05, 4.69) is 26.6 Å². The average Bonchev–Trinajstić information content (AvgIpc) is 3.00. The number of nitrogens with two attached hydrogens (primary N) is 1. The molecule has 6 amide bonds. The highest BCUT2D eigenvalue weighted by molar-refractivity contribution is 5.98. The Hall–Kier alpha value is -4.20. The second kappa shape index (κ2) is 17.9. The standard InChI is InChI=1S/C31H49N7O7/c1-20(2)26(37-24(39)12-13-25(40)38-17-14-31(3,15-18-38)29(43)45-5)28(42)36-23(7-6-16-34-30(32)44)27(41)35-22-10-8-21(9-11-22)19-33-4/h8-11,20,23,26,33H,6-7,12-19H2,1-5H3,(H,35,41)(H,36,42)(H,37,39)(H3,32,34,44)/t23-,26-/m0/s1. The lowest BCUT2D eigenvalue weighted by molar-refractivity contribution is -0.156. The normalized spacial score (nSPS) is 15.4. The minimum atomic E-state index is -0.960. The number of piperidine rings is 1. The molecule has 250 valence electrons. The summed E-state index contributed by atoms with van der Waals surface area (Å²) in [5.41, 5.74) is 6.09. The van der Waals surface area contributed by atoms with Gasteiger partial charge < -0.3 is 42.0 Å². The Balaban J connectivity index is 1.98. The van der Waals surface area contributed by atoms with Crippen molar-refractivity contribution < 1.29 is 33.5 Å². The molecule has 2 atom stereocenters. The van der Waals surface area contributed by atoms with Crippen LogP contribution in [0.3, 0.4) is 0 Å². The van der Waals surface area contributed by atoms with Gasteiger partial charge in [0.25, 0.3) is 0 Å². The average molecular weight is 632 g/mol. The van der Waals surface area contributed by atoms with Crippen molar-refractivity contribution in [2.75, 3.05) is 39.1 Å². The fourth-order valence-corrected chi connectivity index (χ4v) is 5.05. The summed E-state index contributed by atoms with van der Waals surface area (Å²) in [4.78, 5) is 76.9. The Morgan fingerprint density at radius 3 is 2.18 bits per heavy atom. The summed E-state index contributed by atoms with van der Waals surface area (Å²) < 4.78 is 4.88. The molecule has 0 aliphatic carbocycles. The number of hydrogen-bond donors (Lipinski definition) is 6. The third-order valence-electron chi connectivity index (χ3n) is 7.93. The van der Waals surface area contributed by atoms with Crippen LogP contribution in [0, 0.1) is 11.3 Å². The third kappa shape index (κ3) is 12.0.